The summed E-state index contributed by atoms with van der Waals surface area (Å²) in [6, 6.07) is 16.4. The molecule has 2 aliphatic rings. The number of hydrogen-bond acceptors (Lipinski definition) is 6. The highest BCUT2D eigenvalue weighted by molar-refractivity contribution is 5.92. The van der Waals surface area contributed by atoms with Gasteiger partial charge in [-0.3, -0.25) is 19.1 Å². The van der Waals surface area contributed by atoms with Crippen LogP contribution < -0.4 is 10.1 Å². The largest absolute Gasteiger partial charge is 0.457 e. The number of amides is 3. The zero-order valence-electron chi connectivity index (χ0n) is 22.9. The molecule has 210 valence electrons. The van der Waals surface area contributed by atoms with Crippen LogP contribution in [-0.2, 0) is 33.9 Å². The van der Waals surface area contributed by atoms with Crippen LogP contribution in [0.15, 0.2) is 60.8 Å². The third-order valence-electron chi connectivity index (χ3n) is 7.29. The molecule has 10 nitrogen and oxygen atoms in total. The number of benzene rings is 2. The summed E-state index contributed by atoms with van der Waals surface area (Å²) in [5, 5.41) is 7.42. The molecule has 10 heteroatoms. The number of aromatic nitrogens is 2. The van der Waals surface area contributed by atoms with E-state index in [0.717, 1.165) is 11.1 Å². The van der Waals surface area contributed by atoms with E-state index in [0.29, 0.717) is 49.9 Å². The van der Waals surface area contributed by atoms with Gasteiger partial charge in [-0.05, 0) is 61.7 Å². The second kappa shape index (κ2) is 12.3. The van der Waals surface area contributed by atoms with Crippen molar-refractivity contribution in [2.45, 2.75) is 52.0 Å². The molecule has 0 aliphatic carbocycles. The summed E-state index contributed by atoms with van der Waals surface area (Å²) in [4.78, 5) is 42.8. The van der Waals surface area contributed by atoms with Gasteiger partial charge in [0, 0.05) is 32.4 Å². The Kier molecular flexibility index (Phi) is 8.45. The fourth-order valence-electron chi connectivity index (χ4n) is 5.11. The van der Waals surface area contributed by atoms with E-state index in [1.54, 1.807) is 21.8 Å². The minimum atomic E-state index is -0.447. The van der Waals surface area contributed by atoms with Crippen molar-refractivity contribution in [3.8, 4) is 11.5 Å². The van der Waals surface area contributed by atoms with E-state index < -0.39 is 6.04 Å². The first-order chi connectivity index (χ1) is 19.4. The lowest BCUT2D eigenvalue weighted by Gasteiger charge is -2.38. The SMILES string of the molecule is CCN1CC(=O)N[C@H]2CN(C(=O)c3ccn(CC)n3)CC[C@@H]2OCc2cccc(c2)Oc2cccc(c2)CC1=O. The number of likely N-dealkylation sites (tertiary alicyclic amines) is 1. The average molecular weight is 546 g/mol. The molecule has 4 bridgehead atoms. The van der Waals surface area contributed by atoms with Crippen molar-refractivity contribution < 1.29 is 23.9 Å². The van der Waals surface area contributed by atoms with Gasteiger partial charge in [0.05, 0.1) is 31.7 Å². The van der Waals surface area contributed by atoms with Crippen molar-refractivity contribution in [2.75, 3.05) is 26.2 Å². The molecule has 1 N–H and O–H groups in total. The van der Waals surface area contributed by atoms with Crippen molar-refractivity contribution >= 4 is 17.7 Å². The van der Waals surface area contributed by atoms with E-state index in [9.17, 15) is 14.4 Å². The first kappa shape index (κ1) is 27.4. The number of rotatable bonds is 3. The normalized spacial score (nSPS) is 20.2. The van der Waals surface area contributed by atoms with E-state index in [1.807, 2.05) is 62.4 Å². The van der Waals surface area contributed by atoms with Gasteiger partial charge in [0.2, 0.25) is 11.8 Å². The molecule has 3 heterocycles. The van der Waals surface area contributed by atoms with Crippen LogP contribution in [0, 0.1) is 0 Å². The molecule has 0 spiro atoms. The summed E-state index contributed by atoms with van der Waals surface area (Å²) in [7, 11) is 0. The zero-order chi connectivity index (χ0) is 28.1. The average Bonchev–Trinajstić information content (AvgIpc) is 3.44. The summed E-state index contributed by atoms with van der Waals surface area (Å²) in [5.74, 6) is 0.679. The Morgan fingerprint density at radius 2 is 1.77 bits per heavy atom. The van der Waals surface area contributed by atoms with Crippen molar-refractivity contribution in [3.63, 3.8) is 0 Å². The minimum Gasteiger partial charge on any atom is -0.457 e. The highest BCUT2D eigenvalue weighted by Gasteiger charge is 2.34. The first-order valence-corrected chi connectivity index (χ1v) is 13.8. The van der Waals surface area contributed by atoms with Crippen LogP contribution in [0.1, 0.15) is 41.9 Å². The third-order valence-corrected chi connectivity index (χ3v) is 7.29. The van der Waals surface area contributed by atoms with Gasteiger partial charge in [0.15, 0.2) is 0 Å². The predicted octanol–water partition coefficient (Wildman–Crippen LogP) is 3.02. The standard InChI is InChI=1S/C30H35N5O5/c1-3-33-19-28(36)31-26-18-34(30(38)25-11-14-35(4-2)32-25)13-12-27(26)39-20-22-8-6-10-24(16-22)40-23-9-5-7-21(15-23)17-29(33)37/h5-11,14-16,26-27H,3-4,12-13,17-20H2,1-2H3,(H,31,36)/t26-,27-/m0/s1. The zero-order valence-corrected chi connectivity index (χ0v) is 22.9. The van der Waals surface area contributed by atoms with Crippen molar-refractivity contribution in [1.82, 2.24) is 24.9 Å². The van der Waals surface area contributed by atoms with Crippen LogP contribution in [-0.4, -0.2) is 75.6 Å². The molecule has 2 aromatic carbocycles. The van der Waals surface area contributed by atoms with Crippen LogP contribution in [0.4, 0.5) is 0 Å². The van der Waals surface area contributed by atoms with Crippen LogP contribution in [0.25, 0.3) is 0 Å². The predicted molar refractivity (Wildman–Crippen MR) is 148 cm³/mol. The van der Waals surface area contributed by atoms with Gasteiger partial charge >= 0.3 is 0 Å². The molecule has 1 fully saturated rings. The quantitative estimate of drug-likeness (QED) is 0.543. The van der Waals surface area contributed by atoms with Crippen LogP contribution in [0.2, 0.25) is 0 Å². The number of aryl methyl sites for hydroxylation is 1. The van der Waals surface area contributed by atoms with Crippen LogP contribution >= 0.6 is 0 Å². The molecule has 3 aromatic rings. The summed E-state index contributed by atoms with van der Waals surface area (Å²) in [5.41, 5.74) is 2.11. The topological polar surface area (TPSA) is 106 Å². The highest BCUT2D eigenvalue weighted by atomic mass is 16.5. The van der Waals surface area contributed by atoms with Crippen LogP contribution in [0.3, 0.4) is 0 Å². The number of carbonyl (C=O) groups is 3. The molecule has 40 heavy (non-hydrogen) atoms. The molecule has 0 unspecified atom stereocenters. The summed E-state index contributed by atoms with van der Waals surface area (Å²) >= 11 is 0. The summed E-state index contributed by atoms with van der Waals surface area (Å²) < 4.78 is 14.1. The Labute approximate surface area is 233 Å². The smallest absolute Gasteiger partial charge is 0.274 e. The molecule has 1 saturated heterocycles. The molecule has 2 atom stereocenters. The molecule has 0 saturated carbocycles. The van der Waals surface area contributed by atoms with Gasteiger partial charge < -0.3 is 24.6 Å². The lowest BCUT2D eigenvalue weighted by molar-refractivity contribution is -0.136. The monoisotopic (exact) mass is 545 g/mol. The lowest BCUT2D eigenvalue weighted by atomic mass is 10.0. The molecule has 1 aromatic heterocycles. The van der Waals surface area contributed by atoms with Gasteiger partial charge in [-0.25, -0.2) is 0 Å². The summed E-state index contributed by atoms with van der Waals surface area (Å²) in [6.07, 6.45) is 2.16. The van der Waals surface area contributed by atoms with Crippen molar-refractivity contribution in [2.24, 2.45) is 0 Å². The summed E-state index contributed by atoms with van der Waals surface area (Å²) in [6.45, 7) is 5.88. The maximum absolute atomic E-state index is 13.2. The molecule has 5 rings (SSSR count). The second-order valence-electron chi connectivity index (χ2n) is 10.1. The number of likely N-dealkylation sites (N-methyl/N-ethyl adjacent to an activating group) is 1. The number of carbonyl (C=O) groups excluding carboxylic acids is 3. The van der Waals surface area contributed by atoms with E-state index in [2.05, 4.69) is 10.4 Å². The van der Waals surface area contributed by atoms with Gasteiger partial charge in [0.1, 0.15) is 17.2 Å². The Morgan fingerprint density at radius 1 is 1.02 bits per heavy atom. The van der Waals surface area contributed by atoms with E-state index in [1.165, 1.54) is 4.90 Å². The maximum Gasteiger partial charge on any atom is 0.274 e. The minimum absolute atomic E-state index is 0.0790. The van der Waals surface area contributed by atoms with Gasteiger partial charge in [0.25, 0.3) is 5.91 Å². The van der Waals surface area contributed by atoms with Crippen molar-refractivity contribution in [1.29, 1.82) is 0 Å². The second-order valence-corrected chi connectivity index (χ2v) is 10.1. The van der Waals surface area contributed by atoms with E-state index in [4.69, 9.17) is 9.47 Å². The van der Waals surface area contributed by atoms with Gasteiger partial charge in [-0.15, -0.1) is 0 Å². The molecular weight excluding hydrogens is 510 g/mol. The Balaban J connectivity index is 1.39. The van der Waals surface area contributed by atoms with Crippen LogP contribution in [0.5, 0.6) is 11.5 Å². The van der Waals surface area contributed by atoms with Crippen molar-refractivity contribution in [3.05, 3.63) is 77.6 Å². The van der Waals surface area contributed by atoms with Gasteiger partial charge in [-0.1, -0.05) is 24.3 Å². The van der Waals surface area contributed by atoms with E-state index in [-0.39, 0.29) is 43.3 Å². The molecule has 3 amide bonds. The molecule has 0 radical (unpaired) electrons. The van der Waals surface area contributed by atoms with Gasteiger partial charge in [-0.2, -0.15) is 5.10 Å². The number of ether oxygens (including phenoxy) is 2. The maximum atomic E-state index is 13.2. The molecular formula is C30H35N5O5. The Hall–Kier alpha value is -4.18. The number of nitrogens with one attached hydrogen (secondary N) is 1. The fourth-order valence-corrected chi connectivity index (χ4v) is 5.11. The number of fused-ring (bicyclic) bond motifs is 5. The Morgan fingerprint density at radius 3 is 2.50 bits per heavy atom. The number of nitrogens with zero attached hydrogens (tertiary/aromatic N) is 4. The number of hydrogen-bond donors (Lipinski definition) is 1. The highest BCUT2D eigenvalue weighted by Crippen LogP contribution is 2.25. The third kappa shape index (κ3) is 6.51. The number of piperidine rings is 1. The Bertz CT molecular complexity index is 1370. The lowest BCUT2D eigenvalue weighted by Crippen LogP contribution is -2.58. The fraction of sp³-hybridized carbons (Fsp3) is 0.400. The molecule has 2 aliphatic heterocycles. The van der Waals surface area contributed by atoms with E-state index >= 15 is 0 Å². The first-order valence-electron chi connectivity index (χ1n) is 13.8.